The number of hydrogen-bond donors (Lipinski definition) is 12. The van der Waals surface area contributed by atoms with Crippen molar-refractivity contribution in [1.29, 1.82) is 0 Å². The molecular formula is C106H122N12O26. The number of nitrogens with one attached hydrogen (secondary N) is 12. The molecule has 762 valence electrons. The highest BCUT2D eigenvalue weighted by molar-refractivity contribution is 6.00. The summed E-state index contributed by atoms with van der Waals surface area (Å²) in [5.41, 5.74) is 4.80. The van der Waals surface area contributed by atoms with Crippen LogP contribution < -0.4 is 63.8 Å². The van der Waals surface area contributed by atoms with Crippen molar-refractivity contribution >= 4 is 107 Å². The summed E-state index contributed by atoms with van der Waals surface area (Å²) in [5.74, 6) is -15.4. The fraction of sp³-hybridized carbons (Fsp3) is 0.377. The third-order valence-corrected chi connectivity index (χ3v) is 23.1. The van der Waals surface area contributed by atoms with Gasteiger partial charge in [-0.15, -0.1) is 0 Å². The van der Waals surface area contributed by atoms with Gasteiger partial charge in [0.25, 0.3) is 0 Å². The van der Waals surface area contributed by atoms with E-state index < -0.39 is 219 Å². The second kappa shape index (κ2) is 60.7. The zero-order chi connectivity index (χ0) is 102. The first kappa shape index (κ1) is 110. The molecule has 10 atom stereocenters. The van der Waals surface area contributed by atoms with E-state index in [1.165, 1.54) is 0 Å². The Hall–Kier alpha value is -16.2. The van der Waals surface area contributed by atoms with E-state index in [0.29, 0.717) is 33.4 Å². The average molecular weight is 1980 g/mol. The van der Waals surface area contributed by atoms with Gasteiger partial charge in [0, 0.05) is 38.8 Å². The van der Waals surface area contributed by atoms with Crippen LogP contribution in [-0.2, 0) is 167 Å². The largest absolute Gasteiger partial charge is 0.461 e. The molecule has 0 aliphatic carbocycles. The minimum absolute atomic E-state index is 0.0175. The molecule has 8 aromatic rings. The van der Waals surface area contributed by atoms with E-state index in [1.54, 1.807) is 243 Å². The van der Waals surface area contributed by atoms with Crippen LogP contribution in [-0.4, -0.2) is 181 Å². The molecule has 38 heteroatoms. The van der Waals surface area contributed by atoms with Crippen LogP contribution in [0.5, 0.6) is 0 Å². The van der Waals surface area contributed by atoms with Gasteiger partial charge in [0.15, 0.2) is 0 Å². The zero-order valence-corrected chi connectivity index (χ0v) is 79.7. The molecule has 12 amide bonds. The van der Waals surface area contributed by atoms with Crippen molar-refractivity contribution in [3.63, 3.8) is 0 Å². The first-order valence-corrected chi connectivity index (χ1v) is 47.9. The van der Waals surface area contributed by atoms with Gasteiger partial charge in [-0.1, -0.05) is 255 Å². The predicted octanol–water partition coefficient (Wildman–Crippen LogP) is 7.98. The zero-order valence-electron chi connectivity index (χ0n) is 79.7. The third-order valence-electron chi connectivity index (χ3n) is 23.1. The Kier molecular flexibility index (Phi) is 46.3. The fourth-order valence-corrected chi connectivity index (χ4v) is 15.1. The smallest absolute Gasteiger partial charge is 0.407 e. The summed E-state index contributed by atoms with van der Waals surface area (Å²) >= 11 is 0. The van der Waals surface area contributed by atoms with Crippen molar-refractivity contribution in [2.45, 2.75) is 242 Å². The Morgan fingerprint density at radius 2 is 0.472 bits per heavy atom. The van der Waals surface area contributed by atoms with Gasteiger partial charge in [0.1, 0.15) is 113 Å². The molecule has 0 spiro atoms. The van der Waals surface area contributed by atoms with Crippen molar-refractivity contribution in [1.82, 2.24) is 63.8 Å². The maximum Gasteiger partial charge on any atom is 0.407 e. The van der Waals surface area contributed by atoms with E-state index in [-0.39, 0.29) is 143 Å². The summed E-state index contributed by atoms with van der Waals surface area (Å²) in [5, 5.41) is 31.3. The Balaban J connectivity index is 0.985. The molecule has 12 N–H and O–H groups in total. The molecule has 0 radical (unpaired) electrons. The van der Waals surface area contributed by atoms with Gasteiger partial charge in [-0.05, 0) is 122 Å². The number of carbonyl (C=O) groups is 18. The van der Waals surface area contributed by atoms with Crippen molar-refractivity contribution in [3.05, 3.63) is 287 Å². The third kappa shape index (κ3) is 40.9. The molecule has 2 heterocycles. The first-order chi connectivity index (χ1) is 69.8. The SMILES string of the molecule is O=C1CC[C@@H](C(=O)N[C@@H](CCC(=O)OCc2ccccc2)C(=O)N[C@@H](CC(=O)OCc2ccccc2)C(=O)N[C@@H](CCCC[C@H](NC(=O)[C@H](CC(=O)OCc2ccccc2)NC(=O)[C@H](CCC(=O)OCc2ccccc2)NC(=O)[C@@H]2CCC(=O)N2)C(=O)N[C@@H](CCCCNC(=O)OCc2ccccc2)C(=O)OCc2ccccc2)C(=O)N[C@@H](CCCCNC(=O)OCc2ccccc2)C(=O)OCc2ccccc2)N1. The van der Waals surface area contributed by atoms with E-state index in [1.807, 2.05) is 0 Å². The number of alkyl carbamates (subject to hydrolysis) is 2. The molecule has 0 unspecified atom stereocenters. The van der Waals surface area contributed by atoms with E-state index in [4.69, 9.17) is 37.9 Å². The summed E-state index contributed by atoms with van der Waals surface area (Å²) in [4.78, 5) is 256. The highest BCUT2D eigenvalue weighted by Gasteiger charge is 2.39. The summed E-state index contributed by atoms with van der Waals surface area (Å²) in [6.07, 6.45) is -6.79. The monoisotopic (exact) mass is 1980 g/mol. The Labute approximate surface area is 832 Å². The number of esters is 6. The lowest BCUT2D eigenvalue weighted by molar-refractivity contribution is -0.150. The van der Waals surface area contributed by atoms with Crippen LogP contribution in [0.1, 0.15) is 173 Å². The number of ether oxygens (including phenoxy) is 8. The van der Waals surface area contributed by atoms with Crippen LogP contribution in [0.2, 0.25) is 0 Å². The van der Waals surface area contributed by atoms with Gasteiger partial charge in [-0.25, -0.2) is 19.2 Å². The van der Waals surface area contributed by atoms with Gasteiger partial charge >= 0.3 is 48.0 Å². The van der Waals surface area contributed by atoms with Gasteiger partial charge in [-0.3, -0.25) is 67.1 Å². The molecule has 0 aromatic heterocycles. The lowest BCUT2D eigenvalue weighted by atomic mass is 10.0. The number of unbranched alkanes of at least 4 members (excludes halogenated alkanes) is 3. The van der Waals surface area contributed by atoms with Gasteiger partial charge in [0.05, 0.1) is 12.8 Å². The molecule has 2 fully saturated rings. The van der Waals surface area contributed by atoms with Gasteiger partial charge in [0.2, 0.25) is 59.1 Å². The molecule has 2 aliphatic rings. The first-order valence-electron chi connectivity index (χ1n) is 47.9. The van der Waals surface area contributed by atoms with Crippen LogP contribution in [0, 0.1) is 0 Å². The lowest BCUT2D eigenvalue weighted by Gasteiger charge is -2.27. The van der Waals surface area contributed by atoms with Gasteiger partial charge < -0.3 is 102 Å². The molecule has 10 rings (SSSR count). The lowest BCUT2D eigenvalue weighted by Crippen LogP contribution is -2.59. The molecule has 8 aromatic carbocycles. The van der Waals surface area contributed by atoms with E-state index in [2.05, 4.69) is 63.8 Å². The predicted molar refractivity (Wildman–Crippen MR) is 518 cm³/mol. The molecule has 2 saturated heterocycles. The second-order valence-electron chi connectivity index (χ2n) is 34.3. The Bertz CT molecular complexity index is 5190. The van der Waals surface area contributed by atoms with Crippen LogP contribution in [0.15, 0.2) is 243 Å². The molecule has 0 saturated carbocycles. The second-order valence-corrected chi connectivity index (χ2v) is 34.3. The number of benzene rings is 8. The summed E-state index contributed by atoms with van der Waals surface area (Å²) in [6.45, 7) is -1.66. The van der Waals surface area contributed by atoms with E-state index in [9.17, 15) is 57.5 Å². The normalized spacial score (nSPS) is 14.5. The minimum atomic E-state index is -2.04. The van der Waals surface area contributed by atoms with E-state index in [0.717, 1.165) is 11.1 Å². The maximum absolute atomic E-state index is 15.7. The highest BCUT2D eigenvalue weighted by Crippen LogP contribution is 2.20. The van der Waals surface area contributed by atoms with Crippen molar-refractivity contribution in [2.75, 3.05) is 13.1 Å². The maximum atomic E-state index is 15.7. The Morgan fingerprint density at radius 3 is 0.743 bits per heavy atom. The Morgan fingerprint density at radius 1 is 0.250 bits per heavy atom. The van der Waals surface area contributed by atoms with Crippen LogP contribution in [0.4, 0.5) is 9.59 Å². The van der Waals surface area contributed by atoms with Crippen molar-refractivity contribution < 1.29 is 124 Å². The molecule has 144 heavy (non-hydrogen) atoms. The fourth-order valence-electron chi connectivity index (χ4n) is 15.1. The standard InChI is InChI=1S/C106H122N12O26/c119-89-55-51-81(109-89)97(127)113-83(53-57-91(121)137-63-71-31-9-1-10-32-71)99(129)117-87(61-93(123)139-65-73-35-13-3-14-36-73)101(131)111-79(95(125)115-85(103(133)141-67-75-39-17-5-18-40-75)49-27-29-59-107-105(135)143-69-77-43-21-7-22-44-77)47-25-26-48-80(96(126)116-86(104(134)142-68-76-41-19-6-20-42-76)50-28-30-60-108-106(136)144-70-78-45-23-8-24-46-78)112-102(132)88(62-94(124)140-66-74-37-15-4-16-38-74)118-100(130)84(114-98(128)82-52-56-90(120)110-82)54-58-92(122)138-64-72-33-11-2-12-34-72/h1-24,31-46,79-88H,25-30,47-70H2,(H,107,135)(H,108,136)(H,109,119)(H,110,120)(H,111,131)(H,112,132)(H,113,127)(H,114,128)(H,115,125)(H,116,126)(H,117,129)(H,118,130)/t79-,80-,81-,82-,83-,84-,85-,86-,87-,88-/m0/s1. The molecule has 38 nitrogen and oxygen atoms in total. The minimum Gasteiger partial charge on any atom is -0.461 e. The van der Waals surface area contributed by atoms with Gasteiger partial charge in [-0.2, -0.15) is 0 Å². The van der Waals surface area contributed by atoms with Crippen molar-refractivity contribution in [2.24, 2.45) is 0 Å². The quantitative estimate of drug-likeness (QED) is 0.00976. The summed E-state index contributed by atoms with van der Waals surface area (Å²) in [7, 11) is 0. The molecule has 2 aliphatic heterocycles. The van der Waals surface area contributed by atoms with Crippen LogP contribution >= 0.6 is 0 Å². The number of amides is 12. The molecule has 0 bridgehead atoms. The van der Waals surface area contributed by atoms with Crippen LogP contribution in [0.3, 0.4) is 0 Å². The van der Waals surface area contributed by atoms with Crippen molar-refractivity contribution in [3.8, 4) is 0 Å². The average Bonchev–Trinajstić information content (AvgIpc) is 1.68. The van der Waals surface area contributed by atoms with Crippen LogP contribution in [0.25, 0.3) is 0 Å². The highest BCUT2D eigenvalue weighted by atomic mass is 16.6. The summed E-state index contributed by atoms with van der Waals surface area (Å²) < 4.78 is 44.8. The topological polar surface area (TPSA) is 525 Å². The van der Waals surface area contributed by atoms with E-state index >= 15 is 28.8 Å². The number of hydrogen-bond acceptors (Lipinski definition) is 26. The summed E-state index contributed by atoms with van der Waals surface area (Å²) in [6, 6.07) is 52.3. The number of rotatable bonds is 59. The molecular weight excluding hydrogens is 1860 g/mol. The number of carbonyl (C=O) groups excluding carboxylic acids is 18.